The molecule has 0 amide bonds. The summed E-state index contributed by atoms with van der Waals surface area (Å²) in [5.41, 5.74) is -0.331. The highest BCUT2D eigenvalue weighted by Crippen LogP contribution is 2.00. The first kappa shape index (κ1) is 10.4. The Bertz CT molecular complexity index is 623. The van der Waals surface area contributed by atoms with Crippen molar-refractivity contribution in [2.75, 3.05) is 0 Å². The highest BCUT2D eigenvalue weighted by Gasteiger charge is 2.20. The first-order chi connectivity index (χ1) is 7.56. The quantitative estimate of drug-likeness (QED) is 0.551. The maximum Gasteiger partial charge on any atom is 0.336 e. The predicted octanol–water partition coefficient (Wildman–Crippen LogP) is -1.28. The topological polar surface area (TPSA) is 73.6 Å². The van der Waals surface area contributed by atoms with Gasteiger partial charge in [0.05, 0.1) is 0 Å². The summed E-state index contributed by atoms with van der Waals surface area (Å²) in [6.45, 7) is 1.22. The third kappa shape index (κ3) is 1.93. The minimum absolute atomic E-state index is 0.195. The summed E-state index contributed by atoms with van der Waals surface area (Å²) in [6.07, 6.45) is 1.67. The average molecular weight is 220 g/mol. The van der Waals surface area contributed by atoms with E-state index in [2.05, 4.69) is 0 Å². The molecule has 0 bridgehead atoms. The monoisotopic (exact) mass is 220 g/mol. The van der Waals surface area contributed by atoms with Gasteiger partial charge in [0.1, 0.15) is 5.42 Å². The zero-order chi connectivity index (χ0) is 11.7. The normalized spacial score (nSPS) is 18.1. The van der Waals surface area contributed by atoms with Crippen LogP contribution in [0.25, 0.3) is 12.2 Å². The molecule has 1 aliphatic carbocycles. The number of hydrogen-bond acceptors (Lipinski definition) is 5. The van der Waals surface area contributed by atoms with Crippen molar-refractivity contribution in [3.8, 4) is 0 Å². The molecule has 0 spiro atoms. The number of carbonyl (C=O) groups excluding carboxylic acids is 2. The van der Waals surface area contributed by atoms with Crippen LogP contribution in [-0.4, -0.2) is 17.9 Å². The molecule has 1 aromatic rings. The molecule has 0 radical (unpaired) electrons. The van der Waals surface area contributed by atoms with Crippen LogP contribution in [0.5, 0.6) is 0 Å². The van der Waals surface area contributed by atoms with Gasteiger partial charge in [-0.1, -0.05) is 0 Å². The second kappa shape index (κ2) is 3.77. The number of ketones is 1. The number of hydrogen-bond donors (Lipinski definition) is 0. The third-order valence-electron chi connectivity index (χ3n) is 2.07. The Morgan fingerprint density at radius 2 is 2.12 bits per heavy atom. The van der Waals surface area contributed by atoms with E-state index in [1.807, 2.05) is 0 Å². The number of rotatable bonds is 1. The highest BCUT2D eigenvalue weighted by atomic mass is 16.5. The summed E-state index contributed by atoms with van der Waals surface area (Å²) < 4.78 is 9.62. The van der Waals surface area contributed by atoms with Gasteiger partial charge in [0.15, 0.2) is 6.10 Å². The summed E-state index contributed by atoms with van der Waals surface area (Å²) in [5.74, 6) is -0.958. The lowest BCUT2D eigenvalue weighted by Gasteiger charge is -2.11. The Morgan fingerprint density at radius 1 is 1.38 bits per heavy atom. The van der Waals surface area contributed by atoms with Crippen LogP contribution in [0.3, 0.4) is 0 Å². The van der Waals surface area contributed by atoms with Crippen LogP contribution in [0.15, 0.2) is 21.3 Å². The lowest BCUT2D eigenvalue weighted by atomic mass is 10.1. The van der Waals surface area contributed by atoms with E-state index < -0.39 is 23.5 Å². The molecule has 16 heavy (non-hydrogen) atoms. The van der Waals surface area contributed by atoms with Crippen LogP contribution in [0.2, 0.25) is 0 Å². The molecule has 1 heterocycles. The molecule has 0 aromatic carbocycles. The van der Waals surface area contributed by atoms with Gasteiger partial charge in [-0.3, -0.25) is 9.59 Å². The van der Waals surface area contributed by atoms with Crippen molar-refractivity contribution < 1.29 is 18.7 Å². The van der Waals surface area contributed by atoms with Crippen LogP contribution >= 0.6 is 0 Å². The summed E-state index contributed by atoms with van der Waals surface area (Å²) in [6, 6.07) is 2.75. The molecule has 1 atom stereocenters. The minimum Gasteiger partial charge on any atom is -0.450 e. The summed E-state index contributed by atoms with van der Waals surface area (Å²) in [5, 5.41) is 0.561. The summed E-state index contributed by atoms with van der Waals surface area (Å²) in [7, 11) is 0. The van der Waals surface area contributed by atoms with Gasteiger partial charge in [0.25, 0.3) is 0 Å². The smallest absolute Gasteiger partial charge is 0.336 e. The van der Waals surface area contributed by atoms with E-state index in [1.54, 1.807) is 0 Å². The van der Waals surface area contributed by atoms with Crippen molar-refractivity contribution in [1.82, 2.24) is 0 Å². The molecule has 1 aromatic heterocycles. The second-order valence-electron chi connectivity index (χ2n) is 3.32. The molecule has 0 N–H and O–H groups in total. The van der Waals surface area contributed by atoms with Gasteiger partial charge in [0, 0.05) is 24.3 Å². The standard InChI is InChI=1S/C11H8O5/c1-6(12)15-10-4-7-2-3-11(14)16-9(7)5-8(10)13/h2-5,10H,1H3. The van der Waals surface area contributed by atoms with Gasteiger partial charge >= 0.3 is 11.6 Å². The van der Waals surface area contributed by atoms with E-state index in [0.717, 1.165) is 6.08 Å². The maximum atomic E-state index is 11.5. The van der Waals surface area contributed by atoms with Crippen molar-refractivity contribution in [2.24, 2.45) is 0 Å². The van der Waals surface area contributed by atoms with Gasteiger partial charge in [-0.2, -0.15) is 0 Å². The Labute approximate surface area is 89.6 Å². The summed E-state index contributed by atoms with van der Waals surface area (Å²) in [4.78, 5) is 33.1. The fraction of sp³-hybridized carbons (Fsp3) is 0.182. The van der Waals surface area contributed by atoms with Crippen molar-refractivity contribution in [3.63, 3.8) is 0 Å². The van der Waals surface area contributed by atoms with E-state index in [0.29, 0.717) is 5.22 Å². The highest BCUT2D eigenvalue weighted by molar-refractivity contribution is 6.13. The van der Waals surface area contributed by atoms with Crippen LogP contribution in [-0.2, 0) is 14.3 Å². The third-order valence-corrected chi connectivity index (χ3v) is 2.07. The van der Waals surface area contributed by atoms with Crippen LogP contribution in [0.1, 0.15) is 6.92 Å². The molecule has 5 nitrogen and oxygen atoms in total. The maximum absolute atomic E-state index is 11.5. The van der Waals surface area contributed by atoms with Crippen LogP contribution < -0.4 is 16.3 Å². The number of fused-ring (bicyclic) bond motifs is 1. The molecule has 5 heteroatoms. The fourth-order valence-corrected chi connectivity index (χ4v) is 1.42. The Hall–Kier alpha value is -2.17. The number of esters is 1. The Kier molecular flexibility index (Phi) is 2.44. The minimum atomic E-state index is -0.933. The molecular formula is C11H8O5. The van der Waals surface area contributed by atoms with Gasteiger partial charge < -0.3 is 9.15 Å². The van der Waals surface area contributed by atoms with Gasteiger partial charge in [-0.05, 0) is 12.1 Å². The Balaban J connectivity index is 2.54. The predicted molar refractivity (Wildman–Crippen MR) is 53.7 cm³/mol. The summed E-state index contributed by atoms with van der Waals surface area (Å²) >= 11 is 0. The number of Topliss-reactive ketones (excluding diaryl/α,β-unsaturated/α-hetero) is 1. The molecule has 2 rings (SSSR count). The van der Waals surface area contributed by atoms with E-state index in [9.17, 15) is 14.4 Å². The molecule has 82 valence electrons. The molecular weight excluding hydrogens is 212 g/mol. The van der Waals surface area contributed by atoms with E-state index in [-0.39, 0.29) is 5.42 Å². The molecule has 0 saturated carbocycles. The molecule has 0 aliphatic heterocycles. The SMILES string of the molecule is CC(=O)OC1C=c2ccc(=O)oc2=CC1=O. The van der Waals surface area contributed by atoms with Crippen molar-refractivity contribution in [3.05, 3.63) is 33.2 Å². The zero-order valence-electron chi connectivity index (χ0n) is 8.43. The van der Waals surface area contributed by atoms with Gasteiger partial charge in [-0.25, -0.2) is 4.79 Å². The van der Waals surface area contributed by atoms with Crippen molar-refractivity contribution in [1.29, 1.82) is 0 Å². The van der Waals surface area contributed by atoms with Crippen LogP contribution in [0.4, 0.5) is 0 Å². The molecule has 0 saturated heterocycles. The average Bonchev–Trinajstić information content (AvgIpc) is 2.19. The van der Waals surface area contributed by atoms with Crippen molar-refractivity contribution >= 4 is 23.9 Å². The molecule has 1 aliphatic rings. The lowest BCUT2D eigenvalue weighted by molar-refractivity contribution is -0.147. The molecule has 1 unspecified atom stereocenters. The lowest BCUT2D eigenvalue weighted by Crippen LogP contribution is -2.39. The van der Waals surface area contributed by atoms with E-state index >= 15 is 0 Å². The first-order valence-electron chi connectivity index (χ1n) is 4.61. The number of ether oxygens (including phenoxy) is 1. The van der Waals surface area contributed by atoms with Gasteiger partial charge in [-0.15, -0.1) is 0 Å². The largest absolute Gasteiger partial charge is 0.450 e. The van der Waals surface area contributed by atoms with E-state index in [1.165, 1.54) is 25.1 Å². The van der Waals surface area contributed by atoms with Gasteiger partial charge in [0.2, 0.25) is 5.78 Å². The van der Waals surface area contributed by atoms with E-state index in [4.69, 9.17) is 9.15 Å². The Morgan fingerprint density at radius 3 is 2.81 bits per heavy atom. The van der Waals surface area contributed by atoms with Crippen molar-refractivity contribution in [2.45, 2.75) is 13.0 Å². The zero-order valence-corrected chi connectivity index (χ0v) is 8.43. The second-order valence-corrected chi connectivity index (χ2v) is 3.32. The fourth-order valence-electron chi connectivity index (χ4n) is 1.42. The van der Waals surface area contributed by atoms with Crippen LogP contribution in [0, 0.1) is 0 Å². The molecule has 0 fully saturated rings. The number of carbonyl (C=O) groups is 2. The first-order valence-corrected chi connectivity index (χ1v) is 4.61.